The Labute approximate surface area is 165 Å². The lowest BCUT2D eigenvalue weighted by Crippen LogP contribution is -2.48. The number of benzene rings is 3. The number of carbonyl (C=O) groups is 2. The van der Waals surface area contributed by atoms with Crippen molar-refractivity contribution in [1.29, 1.82) is 0 Å². The predicted molar refractivity (Wildman–Crippen MR) is 111 cm³/mol. The molecular weight excluding hydrogens is 348 g/mol. The van der Waals surface area contributed by atoms with E-state index < -0.39 is 6.04 Å². The summed E-state index contributed by atoms with van der Waals surface area (Å²) >= 11 is 0. The van der Waals surface area contributed by atoms with Crippen LogP contribution in [0.1, 0.15) is 21.5 Å². The van der Waals surface area contributed by atoms with Gasteiger partial charge in [0.1, 0.15) is 6.04 Å². The largest absolute Gasteiger partial charge is 0.354 e. The summed E-state index contributed by atoms with van der Waals surface area (Å²) < 4.78 is 0. The molecule has 0 aliphatic rings. The van der Waals surface area contributed by atoms with Crippen LogP contribution >= 0.6 is 0 Å². The molecule has 4 nitrogen and oxygen atoms in total. The Morgan fingerprint density at radius 1 is 0.714 bits per heavy atom. The first-order valence-corrected chi connectivity index (χ1v) is 9.44. The van der Waals surface area contributed by atoms with Gasteiger partial charge in [0.05, 0.1) is 0 Å². The molecule has 3 aromatic rings. The summed E-state index contributed by atoms with van der Waals surface area (Å²) in [5, 5.41) is 5.83. The fraction of sp³-hybridized carbons (Fsp3) is 0.167. The van der Waals surface area contributed by atoms with Crippen LogP contribution < -0.4 is 10.6 Å². The molecular formula is C24H24N2O2. The molecule has 4 heteroatoms. The van der Waals surface area contributed by atoms with Crippen LogP contribution in [0.5, 0.6) is 0 Å². The van der Waals surface area contributed by atoms with Crippen molar-refractivity contribution in [3.05, 3.63) is 108 Å². The third-order valence-corrected chi connectivity index (χ3v) is 4.50. The Kier molecular flexibility index (Phi) is 6.96. The fourth-order valence-electron chi connectivity index (χ4n) is 2.99. The van der Waals surface area contributed by atoms with E-state index in [0.29, 0.717) is 18.5 Å². The van der Waals surface area contributed by atoms with E-state index >= 15 is 0 Å². The van der Waals surface area contributed by atoms with Crippen LogP contribution in [0.25, 0.3) is 0 Å². The van der Waals surface area contributed by atoms with E-state index in [2.05, 4.69) is 10.6 Å². The Morgan fingerprint density at radius 2 is 1.25 bits per heavy atom. The van der Waals surface area contributed by atoms with Crippen LogP contribution in [-0.2, 0) is 17.6 Å². The number of hydrogen-bond acceptors (Lipinski definition) is 2. The monoisotopic (exact) mass is 372 g/mol. The second-order valence-corrected chi connectivity index (χ2v) is 6.61. The van der Waals surface area contributed by atoms with Crippen LogP contribution in [0.3, 0.4) is 0 Å². The van der Waals surface area contributed by atoms with Crippen molar-refractivity contribution in [2.75, 3.05) is 6.54 Å². The number of rotatable bonds is 8. The van der Waals surface area contributed by atoms with Gasteiger partial charge in [0.25, 0.3) is 5.91 Å². The van der Waals surface area contributed by atoms with E-state index in [1.165, 1.54) is 0 Å². The Morgan fingerprint density at radius 3 is 1.86 bits per heavy atom. The molecule has 0 heterocycles. The molecule has 0 spiro atoms. The fourth-order valence-corrected chi connectivity index (χ4v) is 2.99. The zero-order valence-corrected chi connectivity index (χ0v) is 15.7. The van der Waals surface area contributed by atoms with Gasteiger partial charge in [0.2, 0.25) is 5.91 Å². The quantitative estimate of drug-likeness (QED) is 0.637. The summed E-state index contributed by atoms with van der Waals surface area (Å²) in [5.41, 5.74) is 2.70. The lowest BCUT2D eigenvalue weighted by molar-refractivity contribution is -0.122. The molecule has 0 aliphatic heterocycles. The smallest absolute Gasteiger partial charge is 0.251 e. The van der Waals surface area contributed by atoms with E-state index in [-0.39, 0.29) is 11.8 Å². The molecule has 0 unspecified atom stereocenters. The van der Waals surface area contributed by atoms with E-state index in [1.807, 2.05) is 66.7 Å². The summed E-state index contributed by atoms with van der Waals surface area (Å²) in [4.78, 5) is 25.3. The lowest BCUT2D eigenvalue weighted by Gasteiger charge is -2.19. The Bertz CT molecular complexity index is 880. The molecule has 2 N–H and O–H groups in total. The van der Waals surface area contributed by atoms with Crippen molar-refractivity contribution in [3.8, 4) is 0 Å². The topological polar surface area (TPSA) is 58.2 Å². The molecule has 3 aromatic carbocycles. The molecule has 1 atom stereocenters. The van der Waals surface area contributed by atoms with E-state index in [0.717, 1.165) is 17.5 Å². The number of amides is 2. The molecule has 0 radical (unpaired) electrons. The average Bonchev–Trinajstić information content (AvgIpc) is 2.75. The molecule has 0 saturated heterocycles. The van der Waals surface area contributed by atoms with E-state index in [1.54, 1.807) is 24.3 Å². The van der Waals surface area contributed by atoms with Gasteiger partial charge in [-0.05, 0) is 29.7 Å². The Hall–Kier alpha value is -3.40. The van der Waals surface area contributed by atoms with Gasteiger partial charge in [-0.25, -0.2) is 0 Å². The van der Waals surface area contributed by atoms with Gasteiger partial charge in [0, 0.05) is 18.5 Å². The highest BCUT2D eigenvalue weighted by molar-refractivity contribution is 5.97. The molecule has 142 valence electrons. The van der Waals surface area contributed by atoms with Crippen molar-refractivity contribution < 1.29 is 9.59 Å². The molecule has 0 saturated carbocycles. The minimum Gasteiger partial charge on any atom is -0.354 e. The number of carbonyl (C=O) groups excluding carboxylic acids is 2. The van der Waals surface area contributed by atoms with Gasteiger partial charge < -0.3 is 10.6 Å². The standard InChI is InChI=1S/C24H24N2O2/c27-23(21-14-8-3-9-15-21)26-22(18-20-12-6-2-7-13-20)24(28)25-17-16-19-10-4-1-5-11-19/h1-15,22H,16-18H2,(H,25,28)(H,26,27)/t22-/m0/s1. The second-order valence-electron chi connectivity index (χ2n) is 6.61. The highest BCUT2D eigenvalue weighted by Crippen LogP contribution is 2.06. The minimum absolute atomic E-state index is 0.177. The van der Waals surface area contributed by atoms with Crippen molar-refractivity contribution in [2.24, 2.45) is 0 Å². The van der Waals surface area contributed by atoms with Gasteiger partial charge >= 0.3 is 0 Å². The highest BCUT2D eigenvalue weighted by atomic mass is 16.2. The first kappa shape index (κ1) is 19.4. The molecule has 0 aromatic heterocycles. The normalized spacial score (nSPS) is 11.4. The lowest BCUT2D eigenvalue weighted by atomic mass is 10.0. The summed E-state index contributed by atoms with van der Waals surface area (Å²) in [6.07, 6.45) is 1.19. The van der Waals surface area contributed by atoms with Crippen LogP contribution in [-0.4, -0.2) is 24.4 Å². The number of hydrogen-bond donors (Lipinski definition) is 2. The van der Waals surface area contributed by atoms with Crippen LogP contribution in [0, 0.1) is 0 Å². The molecule has 2 amide bonds. The van der Waals surface area contributed by atoms with Crippen LogP contribution in [0.4, 0.5) is 0 Å². The van der Waals surface area contributed by atoms with Gasteiger partial charge in [-0.2, -0.15) is 0 Å². The molecule has 0 aliphatic carbocycles. The second kappa shape index (κ2) is 10.1. The third-order valence-electron chi connectivity index (χ3n) is 4.50. The maximum Gasteiger partial charge on any atom is 0.251 e. The van der Waals surface area contributed by atoms with Crippen molar-refractivity contribution in [3.63, 3.8) is 0 Å². The maximum atomic E-state index is 12.8. The summed E-state index contributed by atoms with van der Waals surface area (Å²) in [5.74, 6) is -0.427. The molecule has 0 fully saturated rings. The van der Waals surface area contributed by atoms with Crippen LogP contribution in [0.15, 0.2) is 91.0 Å². The van der Waals surface area contributed by atoms with Crippen LogP contribution in [0.2, 0.25) is 0 Å². The van der Waals surface area contributed by atoms with Gasteiger partial charge in [-0.3, -0.25) is 9.59 Å². The molecule has 3 rings (SSSR count). The SMILES string of the molecule is O=C(N[C@@H](Cc1ccccc1)C(=O)NCCc1ccccc1)c1ccccc1. The predicted octanol–water partition coefficient (Wildman–Crippen LogP) is 3.39. The highest BCUT2D eigenvalue weighted by Gasteiger charge is 2.21. The third kappa shape index (κ3) is 5.81. The zero-order chi connectivity index (χ0) is 19.6. The molecule has 0 bridgehead atoms. The van der Waals surface area contributed by atoms with E-state index in [9.17, 15) is 9.59 Å². The molecule has 28 heavy (non-hydrogen) atoms. The number of nitrogens with one attached hydrogen (secondary N) is 2. The van der Waals surface area contributed by atoms with Crippen molar-refractivity contribution in [1.82, 2.24) is 10.6 Å². The maximum absolute atomic E-state index is 12.8. The average molecular weight is 372 g/mol. The van der Waals surface area contributed by atoms with Crippen molar-refractivity contribution in [2.45, 2.75) is 18.9 Å². The summed E-state index contributed by atoms with van der Waals surface area (Å²) in [6, 6.07) is 28.0. The van der Waals surface area contributed by atoms with Gasteiger partial charge in [-0.1, -0.05) is 78.9 Å². The van der Waals surface area contributed by atoms with Gasteiger partial charge in [0.15, 0.2) is 0 Å². The zero-order valence-electron chi connectivity index (χ0n) is 15.7. The summed E-state index contributed by atoms with van der Waals surface area (Å²) in [7, 11) is 0. The first-order valence-electron chi connectivity index (χ1n) is 9.44. The summed E-state index contributed by atoms with van der Waals surface area (Å²) in [6.45, 7) is 0.523. The first-order chi connectivity index (χ1) is 13.7. The van der Waals surface area contributed by atoms with E-state index in [4.69, 9.17) is 0 Å². The van der Waals surface area contributed by atoms with Gasteiger partial charge in [-0.15, -0.1) is 0 Å². The minimum atomic E-state index is -0.633. The van der Waals surface area contributed by atoms with Crippen molar-refractivity contribution >= 4 is 11.8 Å². The Balaban J connectivity index is 1.64.